The second kappa shape index (κ2) is 7.82. The molecule has 1 aromatic carbocycles. The molecule has 0 amide bonds. The maximum Gasteiger partial charge on any atom is 0.191 e. The molecule has 0 atom stereocenters. The van der Waals surface area contributed by atoms with Crippen LogP contribution in [0.5, 0.6) is 0 Å². The Bertz CT molecular complexity index is 410. The van der Waals surface area contributed by atoms with Gasteiger partial charge in [-0.05, 0) is 51.0 Å². The van der Waals surface area contributed by atoms with Crippen LogP contribution in [-0.2, 0) is 0 Å². The van der Waals surface area contributed by atoms with Gasteiger partial charge in [-0.25, -0.2) is 0 Å². The lowest BCUT2D eigenvalue weighted by Gasteiger charge is -2.08. The molecule has 0 unspecified atom stereocenters. The highest BCUT2D eigenvalue weighted by atomic mass is 32.1. The molecule has 0 bridgehead atoms. The number of benzene rings is 1. The van der Waals surface area contributed by atoms with Gasteiger partial charge < -0.3 is 5.32 Å². The van der Waals surface area contributed by atoms with Gasteiger partial charge in [-0.1, -0.05) is 31.0 Å². The fourth-order valence-corrected chi connectivity index (χ4v) is 1.59. The van der Waals surface area contributed by atoms with E-state index < -0.39 is 0 Å². The van der Waals surface area contributed by atoms with Crippen molar-refractivity contribution in [3.8, 4) is 0 Å². The summed E-state index contributed by atoms with van der Waals surface area (Å²) in [7, 11) is 0. The van der Waals surface area contributed by atoms with Crippen LogP contribution in [0.3, 0.4) is 0 Å². The highest BCUT2D eigenvalue weighted by molar-refractivity contribution is 7.80. The Morgan fingerprint density at radius 1 is 1.28 bits per heavy atom. The summed E-state index contributed by atoms with van der Waals surface area (Å²) in [4.78, 5) is 0. The van der Waals surface area contributed by atoms with E-state index in [0.29, 0.717) is 5.11 Å². The average Bonchev–Trinajstić information content (AvgIpc) is 2.36. The van der Waals surface area contributed by atoms with Crippen molar-refractivity contribution in [2.75, 3.05) is 5.32 Å². The minimum absolute atomic E-state index is 0.523. The van der Waals surface area contributed by atoms with Crippen molar-refractivity contribution < 1.29 is 0 Å². The molecule has 0 aliphatic carbocycles. The summed E-state index contributed by atoms with van der Waals surface area (Å²) in [6, 6.07) is 8.08. The first-order valence-electron chi connectivity index (χ1n) is 6.28. The van der Waals surface area contributed by atoms with E-state index >= 15 is 0 Å². The molecule has 4 heteroatoms. The molecule has 1 rings (SSSR count). The topological polar surface area (TPSA) is 36.4 Å². The van der Waals surface area contributed by atoms with Crippen molar-refractivity contribution in [2.24, 2.45) is 5.10 Å². The Morgan fingerprint density at radius 2 is 1.94 bits per heavy atom. The van der Waals surface area contributed by atoms with E-state index in [1.807, 2.05) is 31.2 Å². The number of rotatable bonds is 5. The van der Waals surface area contributed by atoms with Crippen molar-refractivity contribution in [3.63, 3.8) is 0 Å². The Kier molecular flexibility index (Phi) is 6.36. The molecule has 0 heterocycles. The SMILES string of the molecule is CCCC/C(C)=N/NC(=S)Nc1ccc(C)cc1. The zero-order valence-corrected chi connectivity index (χ0v) is 12.1. The van der Waals surface area contributed by atoms with Crippen LogP contribution in [0.15, 0.2) is 29.4 Å². The minimum Gasteiger partial charge on any atom is -0.331 e. The molecular formula is C14H21N3S. The predicted molar refractivity (Wildman–Crippen MR) is 83.2 cm³/mol. The first-order chi connectivity index (χ1) is 8.61. The number of aryl methyl sites for hydroxylation is 1. The lowest BCUT2D eigenvalue weighted by molar-refractivity contribution is 0.825. The van der Waals surface area contributed by atoms with Gasteiger partial charge in [0.25, 0.3) is 0 Å². The van der Waals surface area contributed by atoms with Gasteiger partial charge in [-0.2, -0.15) is 5.10 Å². The molecule has 0 spiro atoms. The van der Waals surface area contributed by atoms with Crippen molar-refractivity contribution in [2.45, 2.75) is 40.0 Å². The number of nitrogens with zero attached hydrogens (tertiary/aromatic N) is 1. The van der Waals surface area contributed by atoms with Crippen LogP contribution in [0, 0.1) is 6.92 Å². The standard InChI is InChI=1S/C14H21N3S/c1-4-5-6-12(3)16-17-14(18)15-13-9-7-11(2)8-10-13/h7-10H,4-6H2,1-3H3,(H2,15,17,18)/b16-12+. The van der Waals surface area contributed by atoms with Crippen LogP contribution >= 0.6 is 12.2 Å². The summed E-state index contributed by atoms with van der Waals surface area (Å²) >= 11 is 5.17. The summed E-state index contributed by atoms with van der Waals surface area (Å²) in [6.45, 7) is 6.24. The summed E-state index contributed by atoms with van der Waals surface area (Å²) in [6.07, 6.45) is 3.35. The molecule has 0 aliphatic heterocycles. The summed E-state index contributed by atoms with van der Waals surface area (Å²) < 4.78 is 0. The highest BCUT2D eigenvalue weighted by Gasteiger charge is 1.96. The van der Waals surface area contributed by atoms with E-state index in [0.717, 1.165) is 24.2 Å². The number of nitrogens with one attached hydrogen (secondary N) is 2. The fraction of sp³-hybridized carbons (Fsp3) is 0.429. The molecule has 0 saturated carbocycles. The zero-order valence-electron chi connectivity index (χ0n) is 11.3. The molecule has 0 fully saturated rings. The van der Waals surface area contributed by atoms with E-state index in [-0.39, 0.29) is 0 Å². The number of hydrazone groups is 1. The fourth-order valence-electron chi connectivity index (χ4n) is 1.43. The Hall–Kier alpha value is -1.42. The Balaban J connectivity index is 2.39. The molecular weight excluding hydrogens is 242 g/mol. The van der Waals surface area contributed by atoms with E-state index in [2.05, 4.69) is 29.7 Å². The maximum atomic E-state index is 5.17. The smallest absolute Gasteiger partial charge is 0.191 e. The third-order valence-electron chi connectivity index (χ3n) is 2.55. The molecule has 0 saturated heterocycles. The molecule has 18 heavy (non-hydrogen) atoms. The van der Waals surface area contributed by atoms with Gasteiger partial charge in [0.1, 0.15) is 0 Å². The maximum absolute atomic E-state index is 5.17. The van der Waals surface area contributed by atoms with Gasteiger partial charge in [0.2, 0.25) is 0 Å². The van der Waals surface area contributed by atoms with Crippen LogP contribution in [0.4, 0.5) is 5.69 Å². The van der Waals surface area contributed by atoms with Crippen LogP contribution in [0.25, 0.3) is 0 Å². The quantitative estimate of drug-likeness (QED) is 0.481. The summed E-state index contributed by atoms with van der Waals surface area (Å²) in [5.74, 6) is 0. The molecule has 3 nitrogen and oxygen atoms in total. The zero-order chi connectivity index (χ0) is 13.4. The number of hydrogen-bond donors (Lipinski definition) is 2. The molecule has 2 N–H and O–H groups in total. The first kappa shape index (κ1) is 14.6. The Morgan fingerprint density at radius 3 is 2.56 bits per heavy atom. The lowest BCUT2D eigenvalue weighted by Crippen LogP contribution is -2.24. The normalized spacial score (nSPS) is 11.2. The van der Waals surface area contributed by atoms with Crippen LogP contribution in [0.2, 0.25) is 0 Å². The molecule has 0 radical (unpaired) electrons. The van der Waals surface area contributed by atoms with E-state index in [1.165, 1.54) is 12.0 Å². The van der Waals surface area contributed by atoms with Gasteiger partial charge in [0, 0.05) is 11.4 Å². The van der Waals surface area contributed by atoms with Crippen molar-refractivity contribution in [1.82, 2.24) is 5.43 Å². The van der Waals surface area contributed by atoms with Gasteiger partial charge in [0.15, 0.2) is 5.11 Å². The average molecular weight is 263 g/mol. The molecule has 0 aromatic heterocycles. The minimum atomic E-state index is 0.523. The molecule has 0 aliphatic rings. The summed E-state index contributed by atoms with van der Waals surface area (Å²) in [5, 5.41) is 7.85. The third-order valence-corrected chi connectivity index (χ3v) is 2.74. The number of unbranched alkanes of at least 4 members (excludes halogenated alkanes) is 1. The molecule has 1 aromatic rings. The molecule has 98 valence electrons. The monoisotopic (exact) mass is 263 g/mol. The van der Waals surface area contributed by atoms with Crippen molar-refractivity contribution in [1.29, 1.82) is 0 Å². The van der Waals surface area contributed by atoms with Gasteiger partial charge in [-0.15, -0.1) is 0 Å². The van der Waals surface area contributed by atoms with Gasteiger partial charge in [-0.3, -0.25) is 5.43 Å². The van der Waals surface area contributed by atoms with Crippen LogP contribution in [0.1, 0.15) is 38.7 Å². The van der Waals surface area contributed by atoms with E-state index in [9.17, 15) is 0 Å². The van der Waals surface area contributed by atoms with Crippen LogP contribution < -0.4 is 10.7 Å². The number of thiocarbonyl (C=S) groups is 1. The third kappa shape index (κ3) is 5.77. The second-order valence-corrected chi connectivity index (χ2v) is 4.79. The van der Waals surface area contributed by atoms with Crippen molar-refractivity contribution >= 4 is 28.7 Å². The predicted octanol–water partition coefficient (Wildman–Crippen LogP) is 3.85. The van der Waals surface area contributed by atoms with E-state index in [4.69, 9.17) is 12.2 Å². The van der Waals surface area contributed by atoms with Gasteiger partial charge >= 0.3 is 0 Å². The highest BCUT2D eigenvalue weighted by Crippen LogP contribution is 2.08. The largest absolute Gasteiger partial charge is 0.331 e. The van der Waals surface area contributed by atoms with Gasteiger partial charge in [0.05, 0.1) is 0 Å². The number of anilines is 1. The van der Waals surface area contributed by atoms with Crippen molar-refractivity contribution in [3.05, 3.63) is 29.8 Å². The van der Waals surface area contributed by atoms with E-state index in [1.54, 1.807) is 0 Å². The Labute approximate surface area is 115 Å². The number of hydrogen-bond acceptors (Lipinski definition) is 2. The lowest BCUT2D eigenvalue weighted by atomic mass is 10.2. The van der Waals surface area contributed by atoms with Crippen LogP contribution in [-0.4, -0.2) is 10.8 Å². The summed E-state index contributed by atoms with van der Waals surface area (Å²) in [5.41, 5.74) is 6.14. The second-order valence-electron chi connectivity index (χ2n) is 4.38. The first-order valence-corrected chi connectivity index (χ1v) is 6.69.